The zero-order valence-electron chi connectivity index (χ0n) is 11.3. The summed E-state index contributed by atoms with van der Waals surface area (Å²) in [5.41, 5.74) is 0. The van der Waals surface area contributed by atoms with E-state index in [1.165, 1.54) is 25.8 Å². The first kappa shape index (κ1) is 13.9. The van der Waals surface area contributed by atoms with Gasteiger partial charge in [0.25, 0.3) is 0 Å². The average Bonchev–Trinajstić information content (AvgIpc) is 2.42. The summed E-state index contributed by atoms with van der Waals surface area (Å²) in [4.78, 5) is 2.60. The van der Waals surface area contributed by atoms with E-state index in [4.69, 9.17) is 4.74 Å². The predicted octanol–water partition coefficient (Wildman–Crippen LogP) is 1.87. The molecule has 0 amide bonds. The van der Waals surface area contributed by atoms with Crippen molar-refractivity contribution in [3.8, 4) is 0 Å². The Kier molecular flexibility index (Phi) is 6.32. The van der Waals surface area contributed by atoms with Crippen molar-refractivity contribution in [3.05, 3.63) is 0 Å². The largest absolute Gasteiger partial charge is 0.383 e. The van der Waals surface area contributed by atoms with Gasteiger partial charge in [0.05, 0.1) is 6.61 Å². The maximum atomic E-state index is 5.28. The minimum absolute atomic E-state index is 0.527. The number of hydrogen-bond acceptors (Lipinski definition) is 3. The lowest BCUT2D eigenvalue weighted by atomic mass is 10.1. The molecule has 1 fully saturated rings. The van der Waals surface area contributed by atoms with Crippen LogP contribution < -0.4 is 5.32 Å². The van der Waals surface area contributed by atoms with Crippen molar-refractivity contribution >= 4 is 0 Å². The van der Waals surface area contributed by atoms with Gasteiger partial charge in [-0.3, -0.25) is 4.90 Å². The molecule has 0 aromatic heterocycles. The number of rotatable bonds is 5. The summed E-state index contributed by atoms with van der Waals surface area (Å²) in [6.07, 6.45) is 3.79. The van der Waals surface area contributed by atoms with E-state index < -0.39 is 0 Å². The topological polar surface area (TPSA) is 24.5 Å². The minimum atomic E-state index is 0.527. The zero-order chi connectivity index (χ0) is 12.0. The van der Waals surface area contributed by atoms with Gasteiger partial charge in [-0.25, -0.2) is 0 Å². The van der Waals surface area contributed by atoms with E-state index >= 15 is 0 Å². The molecule has 3 heteroatoms. The fourth-order valence-electron chi connectivity index (χ4n) is 2.65. The molecule has 0 aromatic rings. The second kappa shape index (κ2) is 7.25. The van der Waals surface area contributed by atoms with Gasteiger partial charge in [0.1, 0.15) is 0 Å². The molecule has 0 bridgehead atoms. The monoisotopic (exact) mass is 228 g/mol. The maximum Gasteiger partial charge on any atom is 0.0615 e. The van der Waals surface area contributed by atoms with Crippen LogP contribution in [0.25, 0.3) is 0 Å². The Morgan fingerprint density at radius 1 is 1.50 bits per heavy atom. The van der Waals surface area contributed by atoms with Gasteiger partial charge in [0.2, 0.25) is 0 Å². The van der Waals surface area contributed by atoms with Crippen LogP contribution in [-0.2, 0) is 4.74 Å². The van der Waals surface area contributed by atoms with Crippen molar-refractivity contribution in [3.63, 3.8) is 0 Å². The summed E-state index contributed by atoms with van der Waals surface area (Å²) in [5, 5.41) is 3.66. The fourth-order valence-corrected chi connectivity index (χ4v) is 2.65. The van der Waals surface area contributed by atoms with E-state index in [2.05, 4.69) is 31.0 Å². The van der Waals surface area contributed by atoms with Crippen molar-refractivity contribution in [2.45, 2.75) is 58.2 Å². The predicted molar refractivity (Wildman–Crippen MR) is 68.8 cm³/mol. The van der Waals surface area contributed by atoms with Gasteiger partial charge in [-0.1, -0.05) is 13.3 Å². The summed E-state index contributed by atoms with van der Waals surface area (Å²) in [6, 6.07) is 1.85. The van der Waals surface area contributed by atoms with Crippen LogP contribution in [0.2, 0.25) is 0 Å². The molecule has 0 radical (unpaired) electrons. The van der Waals surface area contributed by atoms with Crippen LogP contribution in [0.5, 0.6) is 0 Å². The van der Waals surface area contributed by atoms with E-state index in [-0.39, 0.29) is 0 Å². The van der Waals surface area contributed by atoms with Crippen LogP contribution in [0.1, 0.15) is 40.0 Å². The standard InChI is InChI=1S/C13H28N2O/c1-5-6-13-9-15(12(3)10-16-4)11(2)7-8-14-13/h11-14H,5-10H2,1-4H3. The number of nitrogens with zero attached hydrogens (tertiary/aromatic N) is 1. The normalized spacial score (nSPS) is 30.0. The van der Waals surface area contributed by atoms with Gasteiger partial charge in [-0.15, -0.1) is 0 Å². The van der Waals surface area contributed by atoms with Crippen molar-refractivity contribution in [2.75, 3.05) is 26.8 Å². The highest BCUT2D eigenvalue weighted by Gasteiger charge is 2.25. The quantitative estimate of drug-likeness (QED) is 0.777. The van der Waals surface area contributed by atoms with Crippen molar-refractivity contribution in [1.29, 1.82) is 0 Å². The Bertz CT molecular complexity index is 183. The van der Waals surface area contributed by atoms with Crippen LogP contribution in [0.3, 0.4) is 0 Å². The first-order valence-corrected chi connectivity index (χ1v) is 6.67. The highest BCUT2D eigenvalue weighted by Crippen LogP contribution is 2.15. The summed E-state index contributed by atoms with van der Waals surface area (Å²) in [7, 11) is 1.79. The third-order valence-corrected chi connectivity index (χ3v) is 3.60. The summed E-state index contributed by atoms with van der Waals surface area (Å²) in [5.74, 6) is 0. The Labute approximate surface area is 101 Å². The summed E-state index contributed by atoms with van der Waals surface area (Å²) in [6.45, 7) is 10.0. The molecule has 96 valence electrons. The Morgan fingerprint density at radius 2 is 2.25 bits per heavy atom. The number of methoxy groups -OCH3 is 1. The van der Waals surface area contributed by atoms with Crippen molar-refractivity contribution in [2.24, 2.45) is 0 Å². The molecule has 0 saturated carbocycles. The third-order valence-electron chi connectivity index (χ3n) is 3.60. The van der Waals surface area contributed by atoms with Gasteiger partial charge >= 0.3 is 0 Å². The molecule has 1 aliphatic rings. The van der Waals surface area contributed by atoms with Gasteiger partial charge in [0.15, 0.2) is 0 Å². The molecule has 3 atom stereocenters. The highest BCUT2D eigenvalue weighted by molar-refractivity contribution is 4.83. The first-order chi connectivity index (χ1) is 7.69. The van der Waals surface area contributed by atoms with E-state index in [0.717, 1.165) is 13.2 Å². The second-order valence-electron chi connectivity index (χ2n) is 5.08. The SMILES string of the molecule is CCCC1CN(C(C)COC)C(C)CCN1. The Hall–Kier alpha value is -0.120. The molecule has 16 heavy (non-hydrogen) atoms. The number of nitrogens with one attached hydrogen (secondary N) is 1. The Morgan fingerprint density at radius 3 is 2.88 bits per heavy atom. The van der Waals surface area contributed by atoms with Crippen LogP contribution in [0.4, 0.5) is 0 Å². The van der Waals surface area contributed by atoms with Gasteiger partial charge < -0.3 is 10.1 Å². The molecule has 0 aliphatic carbocycles. The van der Waals surface area contributed by atoms with E-state index in [1.807, 2.05) is 0 Å². The van der Waals surface area contributed by atoms with E-state index in [1.54, 1.807) is 7.11 Å². The van der Waals surface area contributed by atoms with Crippen LogP contribution >= 0.6 is 0 Å². The van der Waals surface area contributed by atoms with Crippen molar-refractivity contribution in [1.82, 2.24) is 10.2 Å². The molecule has 1 N–H and O–H groups in total. The van der Waals surface area contributed by atoms with Gasteiger partial charge in [-0.2, -0.15) is 0 Å². The summed E-state index contributed by atoms with van der Waals surface area (Å²) >= 11 is 0. The molecule has 1 heterocycles. The average molecular weight is 228 g/mol. The third kappa shape index (κ3) is 4.04. The van der Waals surface area contributed by atoms with Crippen LogP contribution in [0, 0.1) is 0 Å². The molecule has 3 nitrogen and oxygen atoms in total. The molecular weight excluding hydrogens is 200 g/mol. The summed E-state index contributed by atoms with van der Waals surface area (Å²) < 4.78 is 5.28. The van der Waals surface area contributed by atoms with Gasteiger partial charge in [-0.05, 0) is 33.2 Å². The van der Waals surface area contributed by atoms with E-state index in [9.17, 15) is 0 Å². The number of ether oxygens (including phenoxy) is 1. The lowest BCUT2D eigenvalue weighted by Crippen LogP contribution is -2.46. The lowest BCUT2D eigenvalue weighted by molar-refractivity contribution is 0.0725. The van der Waals surface area contributed by atoms with Crippen LogP contribution in [-0.4, -0.2) is 49.8 Å². The smallest absolute Gasteiger partial charge is 0.0615 e. The molecule has 1 aliphatic heterocycles. The second-order valence-corrected chi connectivity index (χ2v) is 5.08. The molecule has 1 rings (SSSR count). The van der Waals surface area contributed by atoms with E-state index in [0.29, 0.717) is 18.1 Å². The molecule has 1 saturated heterocycles. The first-order valence-electron chi connectivity index (χ1n) is 6.67. The maximum absolute atomic E-state index is 5.28. The van der Waals surface area contributed by atoms with Gasteiger partial charge in [0, 0.05) is 31.8 Å². The lowest BCUT2D eigenvalue weighted by Gasteiger charge is -2.34. The highest BCUT2D eigenvalue weighted by atomic mass is 16.5. The molecule has 0 aromatic carbocycles. The molecule has 3 unspecified atom stereocenters. The zero-order valence-corrected chi connectivity index (χ0v) is 11.3. The Balaban J connectivity index is 2.55. The minimum Gasteiger partial charge on any atom is -0.383 e. The molecular formula is C13H28N2O. The van der Waals surface area contributed by atoms with Crippen LogP contribution in [0.15, 0.2) is 0 Å². The molecule has 0 spiro atoms. The number of hydrogen-bond donors (Lipinski definition) is 1. The fraction of sp³-hybridized carbons (Fsp3) is 1.00. The van der Waals surface area contributed by atoms with Crippen molar-refractivity contribution < 1.29 is 4.74 Å².